The Bertz CT molecular complexity index is 644. The van der Waals surface area contributed by atoms with Crippen molar-refractivity contribution in [2.24, 2.45) is 0 Å². The molecule has 20 heavy (non-hydrogen) atoms. The van der Waals surface area contributed by atoms with Gasteiger partial charge in [0, 0.05) is 11.9 Å². The number of hydrogen-bond acceptors (Lipinski definition) is 1. The lowest BCUT2D eigenvalue weighted by Crippen LogP contribution is -2.12. The molecule has 106 valence electrons. The van der Waals surface area contributed by atoms with Gasteiger partial charge in [-0.25, -0.2) is 4.79 Å². The topological polar surface area (TPSA) is 42.2 Å². The molecule has 0 aliphatic carbocycles. The van der Waals surface area contributed by atoms with Gasteiger partial charge < -0.3 is 9.67 Å². The lowest BCUT2D eigenvalue weighted by molar-refractivity contribution is -0.137. The maximum atomic E-state index is 13.0. The number of carboxylic acids is 1. The first kappa shape index (κ1) is 14.2. The molecule has 3 nitrogen and oxygen atoms in total. The molecule has 0 radical (unpaired) electrons. The summed E-state index contributed by atoms with van der Waals surface area (Å²) in [6.07, 6.45) is -2.82. The van der Waals surface area contributed by atoms with Crippen molar-refractivity contribution in [3.63, 3.8) is 0 Å². The van der Waals surface area contributed by atoms with Gasteiger partial charge in [-0.2, -0.15) is 13.2 Å². The Morgan fingerprint density at radius 1 is 1.25 bits per heavy atom. The maximum Gasteiger partial charge on any atom is 0.418 e. The highest BCUT2D eigenvalue weighted by Crippen LogP contribution is 2.34. The van der Waals surface area contributed by atoms with Gasteiger partial charge in [0.15, 0.2) is 0 Å². The fraction of sp³-hybridized carbons (Fsp3) is 0.214. The Morgan fingerprint density at radius 3 is 2.45 bits per heavy atom. The summed E-state index contributed by atoms with van der Waals surface area (Å²) in [6.45, 7) is 1.70. The molecule has 1 aromatic heterocycles. The molecule has 0 unspecified atom stereocenters. The van der Waals surface area contributed by atoms with E-state index < -0.39 is 17.7 Å². The molecule has 0 spiro atoms. The minimum atomic E-state index is -4.49. The molecule has 1 aromatic carbocycles. The van der Waals surface area contributed by atoms with E-state index in [-0.39, 0.29) is 11.3 Å². The Kier molecular flexibility index (Phi) is 3.57. The molecular weight excluding hydrogens is 271 g/mol. The van der Waals surface area contributed by atoms with Crippen molar-refractivity contribution in [2.75, 3.05) is 0 Å². The van der Waals surface area contributed by atoms with Crippen LogP contribution in [0, 0.1) is 0 Å². The largest absolute Gasteiger partial charge is 0.478 e. The number of rotatable bonds is 3. The van der Waals surface area contributed by atoms with Gasteiger partial charge in [-0.05, 0) is 24.6 Å². The van der Waals surface area contributed by atoms with Crippen molar-refractivity contribution >= 4 is 5.97 Å². The van der Waals surface area contributed by atoms with E-state index in [0.29, 0.717) is 12.1 Å². The van der Waals surface area contributed by atoms with Crippen LogP contribution in [0.3, 0.4) is 0 Å². The van der Waals surface area contributed by atoms with Gasteiger partial charge >= 0.3 is 12.1 Å². The third kappa shape index (κ3) is 2.41. The highest BCUT2D eigenvalue weighted by molar-refractivity contribution is 5.89. The normalized spacial score (nSPS) is 11.6. The SMILES string of the molecule is CCc1c(C(=O)O)ccn1-c1ccccc1C(F)(F)F. The van der Waals surface area contributed by atoms with Gasteiger partial charge in [-0.3, -0.25) is 0 Å². The first-order valence-electron chi connectivity index (χ1n) is 5.96. The Labute approximate surface area is 113 Å². The summed E-state index contributed by atoms with van der Waals surface area (Å²) in [6, 6.07) is 6.42. The van der Waals surface area contributed by atoms with E-state index in [0.717, 1.165) is 6.07 Å². The summed E-state index contributed by atoms with van der Waals surface area (Å²) in [5, 5.41) is 9.05. The summed E-state index contributed by atoms with van der Waals surface area (Å²) in [7, 11) is 0. The van der Waals surface area contributed by atoms with Crippen LogP contribution in [0.2, 0.25) is 0 Å². The van der Waals surface area contributed by atoms with Crippen LogP contribution in [0.25, 0.3) is 5.69 Å². The lowest BCUT2D eigenvalue weighted by atomic mass is 10.1. The first-order chi connectivity index (χ1) is 9.36. The number of aromatic nitrogens is 1. The second kappa shape index (κ2) is 5.03. The highest BCUT2D eigenvalue weighted by atomic mass is 19.4. The number of aromatic carboxylic acids is 1. The van der Waals surface area contributed by atoms with E-state index in [1.54, 1.807) is 6.92 Å². The average Bonchev–Trinajstić information content (AvgIpc) is 2.81. The zero-order valence-electron chi connectivity index (χ0n) is 10.6. The zero-order chi connectivity index (χ0) is 14.9. The number of hydrogen-bond donors (Lipinski definition) is 1. The second-order valence-corrected chi connectivity index (χ2v) is 4.22. The summed E-state index contributed by atoms with van der Waals surface area (Å²) in [5.41, 5.74) is -0.495. The van der Waals surface area contributed by atoms with E-state index in [1.165, 1.54) is 35.0 Å². The number of nitrogens with zero attached hydrogens (tertiary/aromatic N) is 1. The molecule has 0 saturated carbocycles. The molecule has 2 aromatic rings. The van der Waals surface area contributed by atoms with Gasteiger partial charge in [0.05, 0.1) is 16.8 Å². The lowest BCUT2D eigenvalue weighted by Gasteiger charge is -2.15. The number of benzene rings is 1. The molecule has 0 amide bonds. The first-order valence-corrected chi connectivity index (χ1v) is 5.96. The number of halogens is 3. The van der Waals surface area contributed by atoms with Crippen LogP contribution < -0.4 is 0 Å². The van der Waals surface area contributed by atoms with Crippen molar-refractivity contribution in [3.05, 3.63) is 53.3 Å². The summed E-state index contributed by atoms with van der Waals surface area (Å²) in [4.78, 5) is 11.1. The summed E-state index contributed by atoms with van der Waals surface area (Å²) >= 11 is 0. The molecule has 0 fully saturated rings. The third-order valence-electron chi connectivity index (χ3n) is 3.03. The van der Waals surface area contributed by atoms with Crippen molar-refractivity contribution < 1.29 is 23.1 Å². The monoisotopic (exact) mass is 283 g/mol. The molecule has 0 bridgehead atoms. The zero-order valence-corrected chi connectivity index (χ0v) is 10.6. The molecule has 0 atom stereocenters. The van der Waals surface area contributed by atoms with Crippen LogP contribution in [0.15, 0.2) is 36.5 Å². The fourth-order valence-electron chi connectivity index (χ4n) is 2.17. The van der Waals surface area contributed by atoms with Crippen molar-refractivity contribution in [1.29, 1.82) is 0 Å². The minimum Gasteiger partial charge on any atom is -0.478 e. The minimum absolute atomic E-state index is 0.0180. The molecule has 1 heterocycles. The summed E-state index contributed by atoms with van der Waals surface area (Å²) in [5.74, 6) is -1.15. The molecule has 0 saturated heterocycles. The van der Waals surface area contributed by atoms with Gasteiger partial charge in [0.25, 0.3) is 0 Å². The number of carboxylic acid groups (broad SMARTS) is 1. The van der Waals surface area contributed by atoms with Gasteiger partial charge in [-0.1, -0.05) is 19.1 Å². The fourth-order valence-corrected chi connectivity index (χ4v) is 2.17. The van der Waals surface area contributed by atoms with Crippen molar-refractivity contribution in [3.8, 4) is 5.69 Å². The Morgan fingerprint density at radius 2 is 1.90 bits per heavy atom. The molecule has 2 rings (SSSR count). The van der Waals surface area contributed by atoms with E-state index in [2.05, 4.69) is 0 Å². The Balaban J connectivity index is 2.67. The van der Waals surface area contributed by atoms with E-state index in [4.69, 9.17) is 5.11 Å². The maximum absolute atomic E-state index is 13.0. The van der Waals surface area contributed by atoms with E-state index in [9.17, 15) is 18.0 Å². The van der Waals surface area contributed by atoms with Crippen molar-refractivity contribution in [1.82, 2.24) is 4.57 Å². The molecule has 6 heteroatoms. The summed E-state index contributed by atoms with van der Waals surface area (Å²) < 4.78 is 40.3. The van der Waals surface area contributed by atoms with Gasteiger partial charge in [-0.15, -0.1) is 0 Å². The third-order valence-corrected chi connectivity index (χ3v) is 3.03. The predicted molar refractivity (Wildman–Crippen MR) is 67.1 cm³/mol. The van der Waals surface area contributed by atoms with Crippen LogP contribution in [-0.2, 0) is 12.6 Å². The number of carbonyl (C=O) groups is 1. The van der Waals surface area contributed by atoms with Gasteiger partial charge in [0.2, 0.25) is 0 Å². The predicted octanol–water partition coefficient (Wildman–Crippen LogP) is 3.76. The highest BCUT2D eigenvalue weighted by Gasteiger charge is 2.34. The van der Waals surface area contributed by atoms with Crippen molar-refractivity contribution in [2.45, 2.75) is 19.5 Å². The number of para-hydroxylation sites is 1. The molecule has 0 aliphatic heterocycles. The smallest absolute Gasteiger partial charge is 0.418 e. The van der Waals surface area contributed by atoms with Crippen LogP contribution in [0.1, 0.15) is 28.5 Å². The number of alkyl halides is 3. The van der Waals surface area contributed by atoms with Crippen LogP contribution in [0.5, 0.6) is 0 Å². The van der Waals surface area contributed by atoms with Crippen LogP contribution in [-0.4, -0.2) is 15.6 Å². The molecule has 0 aliphatic rings. The van der Waals surface area contributed by atoms with Crippen LogP contribution in [0.4, 0.5) is 13.2 Å². The van der Waals surface area contributed by atoms with E-state index in [1.807, 2.05) is 0 Å². The standard InChI is InChI=1S/C14H12F3NO2/c1-2-11-9(13(19)20)7-8-18(11)12-6-4-3-5-10(12)14(15,16)17/h3-8H,2H2,1H3,(H,19,20). The Hall–Kier alpha value is -2.24. The second-order valence-electron chi connectivity index (χ2n) is 4.22. The van der Waals surface area contributed by atoms with E-state index >= 15 is 0 Å². The molecular formula is C14H12F3NO2. The van der Waals surface area contributed by atoms with Crippen LogP contribution >= 0.6 is 0 Å². The van der Waals surface area contributed by atoms with Gasteiger partial charge in [0.1, 0.15) is 0 Å². The quantitative estimate of drug-likeness (QED) is 0.932. The molecule has 1 N–H and O–H groups in total. The average molecular weight is 283 g/mol.